The minimum atomic E-state index is -3.61. The van der Waals surface area contributed by atoms with Gasteiger partial charge in [-0.2, -0.15) is 0 Å². The molecule has 0 unspecified atom stereocenters. The Morgan fingerprint density at radius 3 is 2.41 bits per heavy atom. The summed E-state index contributed by atoms with van der Waals surface area (Å²) in [6, 6.07) is 20.6. The highest BCUT2D eigenvalue weighted by molar-refractivity contribution is 7.89. The zero-order valence-electron chi connectivity index (χ0n) is 15.8. The van der Waals surface area contributed by atoms with Crippen LogP contribution in [0.4, 0.5) is 4.39 Å². The van der Waals surface area contributed by atoms with E-state index in [1.165, 1.54) is 12.1 Å². The third-order valence-corrected chi connectivity index (χ3v) is 6.39. The molecule has 0 fully saturated rings. The van der Waals surface area contributed by atoms with E-state index in [4.69, 9.17) is 0 Å². The first-order chi connectivity index (χ1) is 14.0. The van der Waals surface area contributed by atoms with Crippen molar-refractivity contribution in [1.29, 1.82) is 0 Å². The van der Waals surface area contributed by atoms with Crippen molar-refractivity contribution < 1.29 is 12.8 Å². The van der Waals surface area contributed by atoms with Crippen molar-refractivity contribution >= 4 is 21.1 Å². The summed E-state index contributed by atoms with van der Waals surface area (Å²) in [5.74, 6) is 0.351. The molecule has 0 aliphatic rings. The molecule has 0 saturated heterocycles. The average molecular weight is 409 g/mol. The maximum atomic E-state index is 13.3. The summed E-state index contributed by atoms with van der Waals surface area (Å²) in [6.07, 6.45) is 0. The molecule has 148 valence electrons. The zero-order chi connectivity index (χ0) is 20.4. The van der Waals surface area contributed by atoms with Gasteiger partial charge in [0.25, 0.3) is 0 Å². The van der Waals surface area contributed by atoms with Gasteiger partial charge in [0.1, 0.15) is 11.6 Å². The second-order valence-electron chi connectivity index (χ2n) is 6.75. The third kappa shape index (κ3) is 3.92. The van der Waals surface area contributed by atoms with Gasteiger partial charge >= 0.3 is 0 Å². The molecule has 4 aromatic rings. The van der Waals surface area contributed by atoms with Crippen molar-refractivity contribution in [2.24, 2.45) is 0 Å². The Morgan fingerprint density at radius 1 is 0.966 bits per heavy atom. The van der Waals surface area contributed by atoms with E-state index in [1.807, 2.05) is 28.8 Å². The van der Waals surface area contributed by atoms with Crippen LogP contribution >= 0.6 is 0 Å². The lowest BCUT2D eigenvalue weighted by Crippen LogP contribution is -2.28. The molecule has 0 aliphatic carbocycles. The second kappa shape index (κ2) is 7.77. The number of halogens is 1. The molecule has 0 radical (unpaired) electrons. The number of hydrogen-bond acceptors (Lipinski definition) is 3. The molecular weight excluding hydrogens is 389 g/mol. The lowest BCUT2D eigenvalue weighted by atomic mass is 10.2. The van der Waals surface area contributed by atoms with Gasteiger partial charge in [-0.05, 0) is 55.0 Å². The molecule has 1 heterocycles. The molecule has 0 aliphatic heterocycles. The maximum absolute atomic E-state index is 13.3. The number of para-hydroxylation sites is 2. The van der Waals surface area contributed by atoms with Crippen LogP contribution in [-0.2, 0) is 16.6 Å². The van der Waals surface area contributed by atoms with Crippen LogP contribution in [0.2, 0.25) is 0 Å². The van der Waals surface area contributed by atoms with Crippen molar-refractivity contribution in [3.8, 4) is 11.4 Å². The van der Waals surface area contributed by atoms with Crippen LogP contribution in [0.5, 0.6) is 0 Å². The van der Waals surface area contributed by atoms with E-state index in [0.29, 0.717) is 17.9 Å². The summed E-state index contributed by atoms with van der Waals surface area (Å²) in [7, 11) is -3.61. The fourth-order valence-electron chi connectivity index (χ4n) is 3.35. The Balaban J connectivity index is 1.63. The molecule has 7 heteroatoms. The van der Waals surface area contributed by atoms with E-state index in [2.05, 4.69) is 9.71 Å². The molecule has 1 N–H and O–H groups in total. The number of nitrogens with one attached hydrogen (secondary N) is 1. The Labute approximate surface area is 168 Å². The summed E-state index contributed by atoms with van der Waals surface area (Å²) in [5, 5.41) is 0. The molecule has 3 aromatic carbocycles. The van der Waals surface area contributed by atoms with E-state index in [1.54, 1.807) is 43.3 Å². The number of fused-ring (bicyclic) bond motifs is 1. The van der Waals surface area contributed by atoms with Gasteiger partial charge in [0, 0.05) is 18.7 Å². The predicted molar refractivity (Wildman–Crippen MR) is 111 cm³/mol. The Kier molecular flexibility index (Phi) is 5.17. The van der Waals surface area contributed by atoms with Gasteiger partial charge in [-0.1, -0.05) is 30.3 Å². The van der Waals surface area contributed by atoms with Crippen molar-refractivity contribution in [2.75, 3.05) is 6.54 Å². The summed E-state index contributed by atoms with van der Waals surface area (Å²) in [6.45, 7) is 2.36. The fourth-order valence-corrected chi connectivity index (χ4v) is 4.61. The predicted octanol–water partition coefficient (Wildman–Crippen LogP) is 4.13. The SMILES string of the molecule is Cc1ccccc1S(=O)(=O)NCCn1c(-c2ccc(F)cc2)nc2ccccc21. The molecule has 5 nitrogen and oxygen atoms in total. The Bertz CT molecular complexity index is 1260. The number of imidazole rings is 1. The molecule has 0 amide bonds. The minimum absolute atomic E-state index is 0.200. The van der Waals surface area contributed by atoms with Crippen LogP contribution in [0.1, 0.15) is 5.56 Å². The van der Waals surface area contributed by atoms with Crippen LogP contribution in [0.25, 0.3) is 22.4 Å². The number of aromatic nitrogens is 2. The highest BCUT2D eigenvalue weighted by Crippen LogP contribution is 2.25. The lowest BCUT2D eigenvalue weighted by molar-refractivity contribution is 0.574. The molecule has 0 bridgehead atoms. The van der Waals surface area contributed by atoms with Crippen LogP contribution in [-0.4, -0.2) is 24.5 Å². The first-order valence-electron chi connectivity index (χ1n) is 9.22. The highest BCUT2D eigenvalue weighted by atomic mass is 32.2. The molecule has 1 aromatic heterocycles. The van der Waals surface area contributed by atoms with E-state index in [-0.39, 0.29) is 17.3 Å². The number of sulfonamides is 1. The number of hydrogen-bond donors (Lipinski definition) is 1. The van der Waals surface area contributed by atoms with Gasteiger partial charge < -0.3 is 4.57 Å². The van der Waals surface area contributed by atoms with Gasteiger partial charge in [0.2, 0.25) is 10.0 Å². The van der Waals surface area contributed by atoms with Crippen LogP contribution < -0.4 is 4.72 Å². The van der Waals surface area contributed by atoms with Crippen LogP contribution in [0, 0.1) is 12.7 Å². The van der Waals surface area contributed by atoms with Gasteiger partial charge in [-0.15, -0.1) is 0 Å². The van der Waals surface area contributed by atoms with E-state index in [0.717, 1.165) is 16.6 Å². The van der Waals surface area contributed by atoms with E-state index < -0.39 is 10.0 Å². The standard InChI is InChI=1S/C22H20FN3O2S/c1-16-6-2-5-9-21(16)29(27,28)24-14-15-26-20-8-4-3-7-19(20)25-22(26)17-10-12-18(23)13-11-17/h2-13,24H,14-15H2,1H3. The summed E-state index contributed by atoms with van der Waals surface area (Å²) >= 11 is 0. The van der Waals surface area contributed by atoms with E-state index in [9.17, 15) is 12.8 Å². The van der Waals surface area contributed by atoms with Gasteiger partial charge in [-0.25, -0.2) is 22.5 Å². The number of aryl methyl sites for hydroxylation is 1. The number of nitrogens with zero attached hydrogens (tertiary/aromatic N) is 2. The molecular formula is C22H20FN3O2S. The van der Waals surface area contributed by atoms with Gasteiger partial charge in [0.15, 0.2) is 0 Å². The van der Waals surface area contributed by atoms with Crippen molar-refractivity contribution in [3.05, 3.63) is 84.2 Å². The normalized spacial score (nSPS) is 11.8. The number of rotatable bonds is 6. The summed E-state index contributed by atoms with van der Waals surface area (Å²) in [5.41, 5.74) is 3.15. The molecule has 0 spiro atoms. The topological polar surface area (TPSA) is 64.0 Å². The van der Waals surface area contributed by atoms with Gasteiger partial charge in [0.05, 0.1) is 15.9 Å². The second-order valence-corrected chi connectivity index (χ2v) is 8.48. The third-order valence-electron chi connectivity index (χ3n) is 4.77. The lowest BCUT2D eigenvalue weighted by Gasteiger charge is -2.12. The zero-order valence-corrected chi connectivity index (χ0v) is 16.7. The first-order valence-corrected chi connectivity index (χ1v) is 10.7. The van der Waals surface area contributed by atoms with Crippen LogP contribution in [0.15, 0.2) is 77.7 Å². The smallest absolute Gasteiger partial charge is 0.240 e. The minimum Gasteiger partial charge on any atom is -0.323 e. The Hall–Kier alpha value is -3.03. The van der Waals surface area contributed by atoms with Crippen LogP contribution in [0.3, 0.4) is 0 Å². The monoisotopic (exact) mass is 409 g/mol. The van der Waals surface area contributed by atoms with E-state index >= 15 is 0 Å². The first kappa shape index (κ1) is 19.3. The largest absolute Gasteiger partial charge is 0.323 e. The average Bonchev–Trinajstić information content (AvgIpc) is 3.07. The molecule has 0 saturated carbocycles. The maximum Gasteiger partial charge on any atom is 0.240 e. The fraction of sp³-hybridized carbons (Fsp3) is 0.136. The summed E-state index contributed by atoms with van der Waals surface area (Å²) in [4.78, 5) is 4.94. The molecule has 4 rings (SSSR count). The Morgan fingerprint density at radius 2 is 1.66 bits per heavy atom. The molecule has 0 atom stereocenters. The van der Waals surface area contributed by atoms with Crippen molar-refractivity contribution in [1.82, 2.24) is 14.3 Å². The van der Waals surface area contributed by atoms with Crippen molar-refractivity contribution in [2.45, 2.75) is 18.4 Å². The quantitative estimate of drug-likeness (QED) is 0.521. The number of benzene rings is 3. The van der Waals surface area contributed by atoms with Crippen molar-refractivity contribution in [3.63, 3.8) is 0 Å². The molecule has 29 heavy (non-hydrogen) atoms. The summed E-state index contributed by atoms with van der Waals surface area (Å²) < 4.78 is 43.3. The highest BCUT2D eigenvalue weighted by Gasteiger charge is 2.17. The van der Waals surface area contributed by atoms with Gasteiger partial charge in [-0.3, -0.25) is 0 Å².